The Morgan fingerprint density at radius 2 is 2.00 bits per heavy atom. The molecule has 0 saturated carbocycles. The molecule has 1 fully saturated rings. The van der Waals surface area contributed by atoms with Crippen molar-refractivity contribution in [3.05, 3.63) is 16.2 Å². The fourth-order valence-corrected chi connectivity index (χ4v) is 3.58. The van der Waals surface area contributed by atoms with Crippen LogP contribution in [0.1, 0.15) is 27.2 Å². The second-order valence-electron chi connectivity index (χ2n) is 7.72. The topological polar surface area (TPSA) is 67.7 Å². The summed E-state index contributed by atoms with van der Waals surface area (Å²) in [5, 5.41) is 0. The summed E-state index contributed by atoms with van der Waals surface area (Å²) < 4.78 is 62.0. The van der Waals surface area contributed by atoms with E-state index < -0.39 is 48.3 Å². The maximum absolute atomic E-state index is 14.8. The molecule has 2 aliphatic heterocycles. The molecule has 1 aromatic heterocycles. The van der Waals surface area contributed by atoms with Crippen LogP contribution in [0.2, 0.25) is 0 Å². The molecule has 3 rings (SSSR count). The number of morpholine rings is 1. The molecular weight excluding hydrogens is 396 g/mol. The van der Waals surface area contributed by atoms with E-state index in [0.717, 1.165) is 9.47 Å². The first kappa shape index (κ1) is 21.5. The number of hydrogen-bond donors (Lipinski definition) is 0. The second-order valence-corrected chi connectivity index (χ2v) is 7.72. The normalized spacial score (nSPS) is 22.8. The molecule has 0 spiro atoms. The van der Waals surface area contributed by atoms with Crippen molar-refractivity contribution >= 4 is 17.5 Å². The quantitative estimate of drug-likeness (QED) is 0.694. The third-order valence-corrected chi connectivity index (χ3v) is 5.32. The van der Waals surface area contributed by atoms with Crippen molar-refractivity contribution < 1.29 is 27.1 Å². The number of hydrogen-bond acceptors (Lipinski definition) is 6. The fourth-order valence-electron chi connectivity index (χ4n) is 3.58. The molecule has 1 aromatic rings. The van der Waals surface area contributed by atoms with Crippen molar-refractivity contribution in [3.8, 4) is 0 Å². The Hall–Kier alpha value is -2.17. The van der Waals surface area contributed by atoms with Crippen molar-refractivity contribution in [3.63, 3.8) is 0 Å². The average Bonchev–Trinajstić information content (AvgIpc) is 2.64. The van der Waals surface area contributed by atoms with Gasteiger partial charge >= 0.3 is 6.18 Å². The van der Waals surface area contributed by atoms with Crippen molar-refractivity contribution in [2.24, 2.45) is 5.92 Å². The van der Waals surface area contributed by atoms with Crippen molar-refractivity contribution in [1.82, 2.24) is 9.55 Å². The molecule has 3 heterocycles. The standard InChI is InChI=1S/C18H24F4N4O3/c1-10(2)12(27)8-26-13(18(20,21)22)4-5-25-16(28)14(19)15(23-17(25)26)24-6-7-29-9-11(24)3/h10-11,13H,4-9H2,1-3H3/t11?,13-/m0/s1. The van der Waals surface area contributed by atoms with E-state index in [-0.39, 0.29) is 44.1 Å². The van der Waals surface area contributed by atoms with Gasteiger partial charge in [-0.25, -0.2) is 0 Å². The third kappa shape index (κ3) is 4.10. The minimum absolute atomic E-state index is 0.252. The van der Waals surface area contributed by atoms with Gasteiger partial charge in [-0.3, -0.25) is 14.2 Å². The summed E-state index contributed by atoms with van der Waals surface area (Å²) in [6, 6.07) is -2.28. The number of rotatable bonds is 4. The highest BCUT2D eigenvalue weighted by molar-refractivity contribution is 5.85. The molecule has 0 radical (unpaired) electrons. The molecule has 11 heteroatoms. The number of carbonyl (C=O) groups excluding carboxylic acids is 1. The van der Waals surface area contributed by atoms with E-state index in [1.54, 1.807) is 20.8 Å². The van der Waals surface area contributed by atoms with E-state index >= 15 is 0 Å². The number of aromatic nitrogens is 2. The lowest BCUT2D eigenvalue weighted by Crippen LogP contribution is -2.55. The van der Waals surface area contributed by atoms with E-state index in [0.29, 0.717) is 0 Å². The van der Waals surface area contributed by atoms with Crippen LogP contribution < -0.4 is 15.4 Å². The first-order chi connectivity index (χ1) is 13.5. The number of Topliss-reactive ketones (excluding diaryl/α,β-unsaturated/α-hetero) is 1. The van der Waals surface area contributed by atoms with Gasteiger partial charge in [0.1, 0.15) is 6.04 Å². The van der Waals surface area contributed by atoms with Gasteiger partial charge in [0.2, 0.25) is 11.8 Å². The highest BCUT2D eigenvalue weighted by Gasteiger charge is 2.48. The second kappa shape index (κ2) is 7.92. The van der Waals surface area contributed by atoms with Crippen LogP contribution in [0.15, 0.2) is 4.79 Å². The van der Waals surface area contributed by atoms with Gasteiger partial charge in [0.15, 0.2) is 11.6 Å². The molecule has 1 saturated heterocycles. The molecule has 162 valence electrons. The zero-order valence-electron chi connectivity index (χ0n) is 16.5. The molecule has 1 unspecified atom stereocenters. The predicted molar refractivity (Wildman–Crippen MR) is 97.7 cm³/mol. The minimum atomic E-state index is -4.62. The van der Waals surface area contributed by atoms with Gasteiger partial charge in [0.05, 0.1) is 25.8 Å². The highest BCUT2D eigenvalue weighted by Crippen LogP contribution is 2.35. The van der Waals surface area contributed by atoms with Crippen LogP contribution in [0.25, 0.3) is 0 Å². The SMILES string of the molecule is CC(C)C(=O)CN1c2nc(N3CCOCC3C)c(F)c(=O)n2CC[C@H]1C(F)(F)F. The molecule has 0 aromatic carbocycles. The van der Waals surface area contributed by atoms with Crippen LogP contribution in [0.3, 0.4) is 0 Å². The molecule has 0 bridgehead atoms. The number of halogens is 4. The number of ether oxygens (including phenoxy) is 1. The first-order valence-corrected chi connectivity index (χ1v) is 9.53. The van der Waals surface area contributed by atoms with Crippen LogP contribution in [0, 0.1) is 11.7 Å². The van der Waals surface area contributed by atoms with Gasteiger partial charge < -0.3 is 14.5 Å². The molecule has 7 nitrogen and oxygen atoms in total. The summed E-state index contributed by atoms with van der Waals surface area (Å²) in [7, 11) is 0. The average molecular weight is 420 g/mol. The number of nitrogens with zero attached hydrogens (tertiary/aromatic N) is 4. The van der Waals surface area contributed by atoms with E-state index in [9.17, 15) is 27.2 Å². The Bertz CT molecular complexity index is 840. The summed E-state index contributed by atoms with van der Waals surface area (Å²) in [6.07, 6.45) is -5.09. The lowest BCUT2D eigenvalue weighted by Gasteiger charge is -2.40. The number of anilines is 2. The molecule has 0 amide bonds. The van der Waals surface area contributed by atoms with Crippen molar-refractivity contribution in [2.75, 3.05) is 36.1 Å². The maximum atomic E-state index is 14.8. The number of ketones is 1. The molecule has 2 atom stereocenters. The monoisotopic (exact) mass is 420 g/mol. The molecule has 2 aliphatic rings. The van der Waals surface area contributed by atoms with Gasteiger partial charge in [-0.15, -0.1) is 0 Å². The van der Waals surface area contributed by atoms with Gasteiger partial charge in [-0.2, -0.15) is 22.5 Å². The Kier molecular flexibility index (Phi) is 5.88. The largest absolute Gasteiger partial charge is 0.408 e. The number of fused-ring (bicyclic) bond motifs is 1. The van der Waals surface area contributed by atoms with Crippen molar-refractivity contribution in [1.29, 1.82) is 0 Å². The lowest BCUT2D eigenvalue weighted by molar-refractivity contribution is -0.153. The zero-order chi connectivity index (χ0) is 21.5. The van der Waals surface area contributed by atoms with Crippen LogP contribution in [-0.4, -0.2) is 59.9 Å². The van der Waals surface area contributed by atoms with Gasteiger partial charge in [0.25, 0.3) is 5.56 Å². The molecular formula is C18H24F4N4O3. The van der Waals surface area contributed by atoms with Crippen LogP contribution >= 0.6 is 0 Å². The summed E-state index contributed by atoms with van der Waals surface area (Å²) in [6.45, 7) is 4.84. The molecule has 29 heavy (non-hydrogen) atoms. The minimum Gasteiger partial charge on any atom is -0.377 e. The van der Waals surface area contributed by atoms with Gasteiger partial charge in [0, 0.05) is 19.0 Å². The maximum Gasteiger partial charge on any atom is 0.408 e. The zero-order valence-corrected chi connectivity index (χ0v) is 16.5. The number of alkyl halides is 3. The van der Waals surface area contributed by atoms with E-state index in [2.05, 4.69) is 4.98 Å². The fraction of sp³-hybridized carbons (Fsp3) is 0.722. The van der Waals surface area contributed by atoms with Crippen molar-refractivity contribution in [2.45, 2.75) is 52.0 Å². The van der Waals surface area contributed by atoms with E-state index in [4.69, 9.17) is 4.74 Å². The van der Waals surface area contributed by atoms with Crippen LogP contribution in [-0.2, 0) is 16.1 Å². The smallest absolute Gasteiger partial charge is 0.377 e. The summed E-state index contributed by atoms with van der Waals surface area (Å²) in [5.41, 5.74) is -1.04. The Morgan fingerprint density at radius 3 is 2.59 bits per heavy atom. The first-order valence-electron chi connectivity index (χ1n) is 9.53. The Balaban J connectivity index is 2.13. The van der Waals surface area contributed by atoms with E-state index in [1.807, 2.05) is 0 Å². The number of carbonyl (C=O) groups is 1. The van der Waals surface area contributed by atoms with Crippen LogP contribution in [0.5, 0.6) is 0 Å². The Labute approximate surface area is 165 Å². The molecule has 0 N–H and O–H groups in total. The van der Waals surface area contributed by atoms with E-state index in [1.165, 1.54) is 4.90 Å². The van der Waals surface area contributed by atoms with Gasteiger partial charge in [-0.1, -0.05) is 13.8 Å². The summed E-state index contributed by atoms with van der Waals surface area (Å²) >= 11 is 0. The highest BCUT2D eigenvalue weighted by atomic mass is 19.4. The van der Waals surface area contributed by atoms with Crippen LogP contribution in [0.4, 0.5) is 29.3 Å². The third-order valence-electron chi connectivity index (χ3n) is 5.32. The summed E-state index contributed by atoms with van der Waals surface area (Å²) in [5.74, 6) is -2.66. The van der Waals surface area contributed by atoms with Gasteiger partial charge in [-0.05, 0) is 13.3 Å². The lowest BCUT2D eigenvalue weighted by atomic mass is 10.1. The molecule has 0 aliphatic carbocycles. The predicted octanol–water partition coefficient (Wildman–Crippen LogP) is 1.97. The summed E-state index contributed by atoms with van der Waals surface area (Å²) in [4.78, 5) is 31.3. The Morgan fingerprint density at radius 1 is 1.31 bits per heavy atom.